The second-order valence-corrected chi connectivity index (χ2v) is 3.65. The number of methoxy groups -OCH3 is 1. The van der Waals surface area contributed by atoms with Crippen LogP contribution in [0.25, 0.3) is 0 Å². The van der Waals surface area contributed by atoms with Crippen molar-refractivity contribution in [3.63, 3.8) is 0 Å². The van der Waals surface area contributed by atoms with Gasteiger partial charge in [-0.2, -0.15) is 0 Å². The summed E-state index contributed by atoms with van der Waals surface area (Å²) in [6, 6.07) is 4.95. The maximum absolute atomic E-state index is 12.1. The molecule has 6 nitrogen and oxygen atoms in total. The number of rotatable bonds is 5. The summed E-state index contributed by atoms with van der Waals surface area (Å²) in [6.07, 6.45) is 5.02. The van der Waals surface area contributed by atoms with Gasteiger partial charge < -0.3 is 4.74 Å². The molecule has 1 aromatic carbocycles. The van der Waals surface area contributed by atoms with Crippen LogP contribution < -0.4 is 0 Å². The summed E-state index contributed by atoms with van der Waals surface area (Å²) >= 11 is 0. The van der Waals surface area contributed by atoms with Crippen LogP contribution in [-0.4, -0.2) is 23.8 Å². The van der Waals surface area contributed by atoms with Gasteiger partial charge in [-0.3, -0.25) is 19.7 Å². The van der Waals surface area contributed by atoms with E-state index in [1.54, 1.807) is 0 Å². The summed E-state index contributed by atoms with van der Waals surface area (Å²) in [5.74, 6) is -0.0884. The molecule has 0 saturated carbocycles. The number of nitro groups is 1. The lowest BCUT2D eigenvalue weighted by molar-refractivity contribution is -0.384. The number of esters is 1. The number of ether oxygens (including phenoxy) is 1. The molecule has 0 aliphatic rings. The SMILES string of the molecule is C#CCC(C(=O)OC)C(=O)c1ccc([N+](=O)[O-])cc1. The summed E-state index contributed by atoms with van der Waals surface area (Å²) in [5.41, 5.74) is 0.0411. The zero-order valence-corrected chi connectivity index (χ0v) is 10.2. The number of nitro benzene ring substituents is 1. The van der Waals surface area contributed by atoms with E-state index in [2.05, 4.69) is 10.7 Å². The Hall–Kier alpha value is -2.68. The van der Waals surface area contributed by atoms with Crippen molar-refractivity contribution in [3.8, 4) is 12.3 Å². The average Bonchev–Trinajstić information content (AvgIpc) is 2.43. The number of Topliss-reactive ketones (excluding diaryl/α,β-unsaturated/α-hetero) is 1. The van der Waals surface area contributed by atoms with Crippen LogP contribution in [0, 0.1) is 28.4 Å². The molecule has 98 valence electrons. The van der Waals surface area contributed by atoms with Crippen LogP contribution in [0.4, 0.5) is 5.69 Å². The third kappa shape index (κ3) is 3.39. The normalized spacial score (nSPS) is 11.2. The molecule has 0 aliphatic heterocycles. The van der Waals surface area contributed by atoms with E-state index in [9.17, 15) is 19.7 Å². The molecule has 0 radical (unpaired) electrons. The smallest absolute Gasteiger partial charge is 0.317 e. The molecule has 1 unspecified atom stereocenters. The minimum absolute atomic E-state index is 0.0809. The summed E-state index contributed by atoms with van der Waals surface area (Å²) in [6.45, 7) is 0. The van der Waals surface area contributed by atoms with Gasteiger partial charge in [0, 0.05) is 24.1 Å². The summed E-state index contributed by atoms with van der Waals surface area (Å²) in [7, 11) is 1.16. The third-order valence-electron chi connectivity index (χ3n) is 2.49. The first kappa shape index (κ1) is 14.4. The van der Waals surface area contributed by atoms with Crippen LogP contribution in [0.5, 0.6) is 0 Å². The zero-order chi connectivity index (χ0) is 14.4. The lowest BCUT2D eigenvalue weighted by Gasteiger charge is -2.10. The Balaban J connectivity index is 3.00. The number of hydrogen-bond donors (Lipinski definition) is 0. The number of carbonyl (C=O) groups is 2. The molecule has 0 spiro atoms. The molecule has 6 heteroatoms. The van der Waals surface area contributed by atoms with Gasteiger partial charge in [-0.1, -0.05) is 0 Å². The van der Waals surface area contributed by atoms with Crippen molar-refractivity contribution in [2.45, 2.75) is 6.42 Å². The molecule has 1 rings (SSSR count). The fraction of sp³-hybridized carbons (Fsp3) is 0.231. The average molecular weight is 261 g/mol. The van der Waals surface area contributed by atoms with Crippen molar-refractivity contribution >= 4 is 17.4 Å². The maximum Gasteiger partial charge on any atom is 0.317 e. The van der Waals surface area contributed by atoms with Gasteiger partial charge in [0.05, 0.1) is 12.0 Å². The number of terminal acetylenes is 1. The first-order valence-electron chi connectivity index (χ1n) is 5.31. The van der Waals surface area contributed by atoms with Crippen LogP contribution in [0.1, 0.15) is 16.8 Å². The highest BCUT2D eigenvalue weighted by Gasteiger charge is 2.27. The van der Waals surface area contributed by atoms with E-state index in [0.717, 1.165) is 7.11 Å². The summed E-state index contributed by atoms with van der Waals surface area (Å²) in [4.78, 5) is 33.4. The third-order valence-corrected chi connectivity index (χ3v) is 2.49. The number of hydrogen-bond acceptors (Lipinski definition) is 5. The number of benzene rings is 1. The van der Waals surface area contributed by atoms with E-state index >= 15 is 0 Å². The number of ketones is 1. The van der Waals surface area contributed by atoms with Gasteiger partial charge in [0.2, 0.25) is 0 Å². The Morgan fingerprint density at radius 3 is 2.42 bits per heavy atom. The maximum atomic E-state index is 12.1. The number of nitrogens with zero attached hydrogens (tertiary/aromatic N) is 1. The fourth-order valence-corrected chi connectivity index (χ4v) is 1.49. The van der Waals surface area contributed by atoms with Crippen molar-refractivity contribution < 1.29 is 19.2 Å². The van der Waals surface area contributed by atoms with E-state index < -0.39 is 22.6 Å². The van der Waals surface area contributed by atoms with E-state index in [1.165, 1.54) is 24.3 Å². The van der Waals surface area contributed by atoms with Gasteiger partial charge in [0.1, 0.15) is 5.92 Å². The van der Waals surface area contributed by atoms with Crippen molar-refractivity contribution in [1.82, 2.24) is 0 Å². The summed E-state index contributed by atoms with van der Waals surface area (Å²) < 4.78 is 4.51. The largest absolute Gasteiger partial charge is 0.468 e. The van der Waals surface area contributed by atoms with Gasteiger partial charge in [-0.15, -0.1) is 12.3 Å². The van der Waals surface area contributed by atoms with E-state index in [-0.39, 0.29) is 17.7 Å². The molecule has 1 atom stereocenters. The topological polar surface area (TPSA) is 86.5 Å². The summed E-state index contributed by atoms with van der Waals surface area (Å²) in [5, 5.41) is 10.5. The van der Waals surface area contributed by atoms with Crippen molar-refractivity contribution in [2.75, 3.05) is 7.11 Å². The number of carbonyl (C=O) groups excluding carboxylic acids is 2. The van der Waals surface area contributed by atoms with Crippen molar-refractivity contribution in [2.24, 2.45) is 5.92 Å². The molecule has 19 heavy (non-hydrogen) atoms. The highest BCUT2D eigenvalue weighted by molar-refractivity contribution is 6.08. The second-order valence-electron chi connectivity index (χ2n) is 3.65. The molecule has 1 aromatic rings. The molecular weight excluding hydrogens is 250 g/mol. The number of non-ortho nitro benzene ring substituents is 1. The van der Waals surface area contributed by atoms with Crippen molar-refractivity contribution in [1.29, 1.82) is 0 Å². The Bertz CT molecular complexity index is 541. The van der Waals surface area contributed by atoms with Gasteiger partial charge in [0.15, 0.2) is 5.78 Å². The minimum Gasteiger partial charge on any atom is -0.468 e. The van der Waals surface area contributed by atoms with Gasteiger partial charge in [-0.05, 0) is 12.1 Å². The lowest BCUT2D eigenvalue weighted by Crippen LogP contribution is -2.25. The molecule has 0 aliphatic carbocycles. The molecule has 0 heterocycles. The van der Waals surface area contributed by atoms with E-state index in [0.29, 0.717) is 0 Å². The first-order chi connectivity index (χ1) is 9.01. The minimum atomic E-state index is -1.09. The van der Waals surface area contributed by atoms with Gasteiger partial charge in [0.25, 0.3) is 5.69 Å². The van der Waals surface area contributed by atoms with Gasteiger partial charge in [-0.25, -0.2) is 0 Å². The Morgan fingerprint density at radius 1 is 1.42 bits per heavy atom. The van der Waals surface area contributed by atoms with Crippen LogP contribution in [0.15, 0.2) is 24.3 Å². The lowest BCUT2D eigenvalue weighted by atomic mass is 9.95. The van der Waals surface area contributed by atoms with E-state index in [4.69, 9.17) is 6.42 Å². The fourth-order valence-electron chi connectivity index (χ4n) is 1.49. The monoisotopic (exact) mass is 261 g/mol. The predicted molar refractivity (Wildman–Crippen MR) is 66.4 cm³/mol. The molecule has 0 N–H and O–H groups in total. The Morgan fingerprint density at radius 2 is 2.00 bits per heavy atom. The molecule has 0 fully saturated rings. The predicted octanol–water partition coefficient (Wildman–Crippen LogP) is 1.59. The van der Waals surface area contributed by atoms with Crippen molar-refractivity contribution in [3.05, 3.63) is 39.9 Å². The second kappa shape index (κ2) is 6.31. The standard InChI is InChI=1S/C13H11NO5/c1-3-4-11(13(16)19-2)12(15)9-5-7-10(8-6-9)14(17)18/h1,5-8,11H,4H2,2H3. The highest BCUT2D eigenvalue weighted by Crippen LogP contribution is 2.17. The van der Waals surface area contributed by atoms with Gasteiger partial charge >= 0.3 is 5.97 Å². The van der Waals surface area contributed by atoms with Crippen LogP contribution >= 0.6 is 0 Å². The van der Waals surface area contributed by atoms with Crippen LogP contribution in [-0.2, 0) is 9.53 Å². The quantitative estimate of drug-likeness (QED) is 0.200. The van der Waals surface area contributed by atoms with Crippen LogP contribution in [0.2, 0.25) is 0 Å². The molecular formula is C13H11NO5. The molecule has 0 saturated heterocycles. The molecule has 0 bridgehead atoms. The highest BCUT2D eigenvalue weighted by atomic mass is 16.6. The first-order valence-corrected chi connectivity index (χ1v) is 5.31. The van der Waals surface area contributed by atoms with E-state index in [1.807, 2.05) is 0 Å². The Labute approximate surface area is 109 Å². The van der Waals surface area contributed by atoms with Crippen LogP contribution in [0.3, 0.4) is 0 Å². The molecule has 0 aromatic heterocycles. The Kier molecular flexibility index (Phi) is 4.77. The molecule has 0 amide bonds. The zero-order valence-electron chi connectivity index (χ0n) is 10.2.